The maximum Gasteiger partial charge on any atom is 0.418 e. The van der Waals surface area contributed by atoms with Crippen molar-refractivity contribution in [1.82, 2.24) is 4.98 Å². The van der Waals surface area contributed by atoms with Crippen LogP contribution in [0.3, 0.4) is 0 Å². The van der Waals surface area contributed by atoms with Gasteiger partial charge in [0.2, 0.25) is 0 Å². The first-order valence-corrected chi connectivity index (χ1v) is 5.81. The molecule has 0 aliphatic rings. The molecule has 110 valence electrons. The van der Waals surface area contributed by atoms with E-state index in [1.54, 1.807) is 0 Å². The number of nitrogens with two attached hydrogens (primary N) is 1. The van der Waals surface area contributed by atoms with Crippen LogP contribution in [0, 0.1) is 0 Å². The van der Waals surface area contributed by atoms with Crippen LogP contribution in [0.15, 0.2) is 42.7 Å². The summed E-state index contributed by atoms with van der Waals surface area (Å²) in [5.41, 5.74) is 0.956. The summed E-state index contributed by atoms with van der Waals surface area (Å²) in [4.78, 5) is 15.7. The smallest absolute Gasteiger partial charge is 0.324 e. The van der Waals surface area contributed by atoms with E-state index in [0.717, 1.165) is 12.1 Å². The van der Waals surface area contributed by atoms with Crippen LogP contribution in [0.5, 0.6) is 0 Å². The summed E-state index contributed by atoms with van der Waals surface area (Å²) in [5, 5.41) is 2.48. The highest BCUT2D eigenvalue weighted by molar-refractivity contribution is 6.04. The van der Waals surface area contributed by atoms with E-state index in [-0.39, 0.29) is 11.3 Å². The Kier molecular flexibility index (Phi) is 4.08. The number of pyridine rings is 1. The molecule has 0 fully saturated rings. The lowest BCUT2D eigenvalue weighted by molar-refractivity contribution is -0.137. The number of alkyl halides is 3. The second kappa shape index (κ2) is 5.80. The van der Waals surface area contributed by atoms with Gasteiger partial charge in [-0.3, -0.25) is 15.6 Å². The molecule has 2 aromatic rings. The van der Waals surface area contributed by atoms with Gasteiger partial charge in [-0.25, -0.2) is 0 Å². The molecule has 0 saturated heterocycles. The molecule has 0 atom stereocenters. The lowest BCUT2D eigenvalue weighted by atomic mass is 10.1. The first kappa shape index (κ1) is 14.8. The van der Waals surface area contributed by atoms with Gasteiger partial charge in [-0.2, -0.15) is 13.2 Å². The van der Waals surface area contributed by atoms with Crippen LogP contribution in [0.1, 0.15) is 15.9 Å². The van der Waals surface area contributed by atoms with E-state index >= 15 is 0 Å². The average Bonchev–Trinajstić information content (AvgIpc) is 2.46. The second-order valence-electron chi connectivity index (χ2n) is 4.09. The molecule has 1 aromatic carbocycles. The summed E-state index contributed by atoms with van der Waals surface area (Å²) in [6.07, 6.45) is -1.70. The van der Waals surface area contributed by atoms with Crippen molar-refractivity contribution in [2.75, 3.05) is 10.7 Å². The van der Waals surface area contributed by atoms with Crippen LogP contribution in [-0.2, 0) is 6.18 Å². The Morgan fingerprint density at radius 1 is 1.14 bits per heavy atom. The van der Waals surface area contributed by atoms with Crippen molar-refractivity contribution >= 4 is 17.3 Å². The highest BCUT2D eigenvalue weighted by Crippen LogP contribution is 2.35. The zero-order chi connectivity index (χ0) is 15.5. The molecule has 1 amide bonds. The van der Waals surface area contributed by atoms with Crippen LogP contribution in [-0.4, -0.2) is 10.9 Å². The molecule has 1 heterocycles. The van der Waals surface area contributed by atoms with Crippen LogP contribution >= 0.6 is 0 Å². The molecule has 1 aromatic heterocycles. The number of hydrogen-bond acceptors (Lipinski definition) is 4. The number of nitrogens with zero attached hydrogens (tertiary/aromatic N) is 1. The fourth-order valence-corrected chi connectivity index (χ4v) is 1.68. The van der Waals surface area contributed by atoms with Crippen LogP contribution < -0.4 is 16.6 Å². The first-order valence-electron chi connectivity index (χ1n) is 5.81. The number of amides is 1. The third-order valence-electron chi connectivity index (χ3n) is 2.68. The van der Waals surface area contributed by atoms with Crippen molar-refractivity contribution in [3.63, 3.8) is 0 Å². The minimum Gasteiger partial charge on any atom is -0.324 e. The van der Waals surface area contributed by atoms with E-state index in [4.69, 9.17) is 5.84 Å². The number of aromatic nitrogens is 1. The van der Waals surface area contributed by atoms with Crippen LogP contribution in [0.2, 0.25) is 0 Å². The SMILES string of the molecule is NNc1ccc(C(=O)Nc2ccncc2)cc1C(F)(F)F. The highest BCUT2D eigenvalue weighted by atomic mass is 19.4. The van der Waals surface area contributed by atoms with Crippen molar-refractivity contribution in [2.45, 2.75) is 6.18 Å². The summed E-state index contributed by atoms with van der Waals surface area (Å²) in [7, 11) is 0. The Balaban J connectivity index is 2.30. The van der Waals surface area contributed by atoms with Gasteiger partial charge < -0.3 is 10.7 Å². The van der Waals surface area contributed by atoms with E-state index in [1.807, 2.05) is 5.43 Å². The third kappa shape index (κ3) is 3.48. The van der Waals surface area contributed by atoms with Gasteiger partial charge >= 0.3 is 6.18 Å². The van der Waals surface area contributed by atoms with E-state index in [0.29, 0.717) is 5.69 Å². The molecule has 0 radical (unpaired) electrons. The number of anilines is 2. The number of carbonyl (C=O) groups is 1. The van der Waals surface area contributed by atoms with Gasteiger partial charge in [-0.1, -0.05) is 0 Å². The molecule has 8 heteroatoms. The molecular weight excluding hydrogens is 285 g/mol. The summed E-state index contributed by atoms with van der Waals surface area (Å²) in [6, 6.07) is 6.15. The molecule has 0 aliphatic heterocycles. The Morgan fingerprint density at radius 2 is 1.81 bits per heavy atom. The van der Waals surface area contributed by atoms with E-state index in [1.165, 1.54) is 30.6 Å². The van der Waals surface area contributed by atoms with Crippen LogP contribution in [0.25, 0.3) is 0 Å². The number of hydrazine groups is 1. The standard InChI is InChI=1S/C13H11F3N4O/c14-13(15,16)10-7-8(1-2-11(10)20-17)12(21)19-9-3-5-18-6-4-9/h1-7,20H,17H2,(H,18,19,21). The minimum absolute atomic E-state index is 0.127. The third-order valence-corrected chi connectivity index (χ3v) is 2.68. The number of halogens is 3. The van der Waals surface area contributed by atoms with Crippen molar-refractivity contribution < 1.29 is 18.0 Å². The molecule has 21 heavy (non-hydrogen) atoms. The Hall–Kier alpha value is -2.61. The molecule has 0 unspecified atom stereocenters. The monoisotopic (exact) mass is 296 g/mol. The summed E-state index contributed by atoms with van der Waals surface area (Å²) < 4.78 is 38.6. The lowest BCUT2D eigenvalue weighted by Gasteiger charge is -2.14. The summed E-state index contributed by atoms with van der Waals surface area (Å²) >= 11 is 0. The molecule has 4 N–H and O–H groups in total. The predicted octanol–water partition coefficient (Wildman–Crippen LogP) is 2.64. The molecule has 0 spiro atoms. The van der Waals surface area contributed by atoms with Gasteiger partial charge in [0, 0.05) is 23.6 Å². The van der Waals surface area contributed by atoms with E-state index < -0.39 is 17.6 Å². The van der Waals surface area contributed by atoms with Gasteiger partial charge in [0.25, 0.3) is 5.91 Å². The topological polar surface area (TPSA) is 80.0 Å². The molecule has 0 aliphatic carbocycles. The van der Waals surface area contributed by atoms with Crippen molar-refractivity contribution in [1.29, 1.82) is 0 Å². The quantitative estimate of drug-likeness (QED) is 0.601. The van der Waals surface area contributed by atoms with Gasteiger partial charge in [-0.05, 0) is 30.3 Å². The highest BCUT2D eigenvalue weighted by Gasteiger charge is 2.34. The second-order valence-corrected chi connectivity index (χ2v) is 4.09. The lowest BCUT2D eigenvalue weighted by Crippen LogP contribution is -2.18. The fourth-order valence-electron chi connectivity index (χ4n) is 1.68. The first-order chi connectivity index (χ1) is 9.91. The molecular formula is C13H11F3N4O. The summed E-state index contributed by atoms with van der Waals surface area (Å²) in [5.74, 6) is 4.38. The van der Waals surface area contributed by atoms with E-state index in [9.17, 15) is 18.0 Å². The maximum atomic E-state index is 12.9. The molecule has 5 nitrogen and oxygen atoms in total. The number of hydrogen-bond donors (Lipinski definition) is 3. The Bertz CT molecular complexity index is 644. The fraction of sp³-hybridized carbons (Fsp3) is 0.0769. The number of carbonyl (C=O) groups excluding carboxylic acids is 1. The zero-order valence-corrected chi connectivity index (χ0v) is 10.6. The Morgan fingerprint density at radius 3 is 2.38 bits per heavy atom. The van der Waals surface area contributed by atoms with Gasteiger partial charge in [0.05, 0.1) is 11.3 Å². The van der Waals surface area contributed by atoms with Crippen LogP contribution in [0.4, 0.5) is 24.5 Å². The van der Waals surface area contributed by atoms with Gasteiger partial charge in [0.1, 0.15) is 0 Å². The summed E-state index contributed by atoms with van der Waals surface area (Å²) in [6.45, 7) is 0. The minimum atomic E-state index is -4.62. The molecule has 0 bridgehead atoms. The van der Waals surface area contributed by atoms with Crippen molar-refractivity contribution in [3.05, 3.63) is 53.9 Å². The zero-order valence-electron chi connectivity index (χ0n) is 10.6. The normalized spacial score (nSPS) is 11.0. The number of rotatable bonds is 3. The maximum absolute atomic E-state index is 12.9. The van der Waals surface area contributed by atoms with Crippen molar-refractivity contribution in [3.8, 4) is 0 Å². The van der Waals surface area contributed by atoms with Gasteiger partial charge in [-0.15, -0.1) is 0 Å². The Labute approximate surface area is 118 Å². The molecule has 0 saturated carbocycles. The van der Waals surface area contributed by atoms with Crippen molar-refractivity contribution in [2.24, 2.45) is 5.84 Å². The average molecular weight is 296 g/mol. The number of nitrogens with one attached hydrogen (secondary N) is 2. The largest absolute Gasteiger partial charge is 0.418 e. The number of benzene rings is 1. The molecule has 2 rings (SSSR count). The number of nitrogen functional groups attached to an aromatic ring is 1. The van der Waals surface area contributed by atoms with Gasteiger partial charge in [0.15, 0.2) is 0 Å². The van der Waals surface area contributed by atoms with E-state index in [2.05, 4.69) is 10.3 Å². The predicted molar refractivity (Wildman–Crippen MR) is 71.4 cm³/mol.